The Morgan fingerprint density at radius 1 is 1.45 bits per heavy atom. The SMILES string of the molecule is N#CCCSCC(=O)Nc1cc(C(F)(F)F)ccc1Cl. The molecule has 0 unspecified atom stereocenters. The van der Waals surface area contributed by atoms with Crippen LogP contribution in [0.25, 0.3) is 0 Å². The molecule has 0 fully saturated rings. The summed E-state index contributed by atoms with van der Waals surface area (Å²) in [5, 5.41) is 10.7. The first kappa shape index (κ1) is 16.7. The fraction of sp³-hybridized carbons (Fsp3) is 0.333. The summed E-state index contributed by atoms with van der Waals surface area (Å²) in [7, 11) is 0. The Hall–Kier alpha value is -1.39. The predicted molar refractivity (Wildman–Crippen MR) is 72.6 cm³/mol. The van der Waals surface area contributed by atoms with Crippen LogP contribution in [0.2, 0.25) is 5.02 Å². The molecule has 0 saturated heterocycles. The minimum atomic E-state index is -4.49. The van der Waals surface area contributed by atoms with Gasteiger partial charge in [0.1, 0.15) is 0 Å². The van der Waals surface area contributed by atoms with E-state index in [0.29, 0.717) is 12.2 Å². The second kappa shape index (κ2) is 7.41. The van der Waals surface area contributed by atoms with Crippen molar-refractivity contribution < 1.29 is 18.0 Å². The van der Waals surface area contributed by atoms with Crippen molar-refractivity contribution in [3.05, 3.63) is 28.8 Å². The van der Waals surface area contributed by atoms with Crippen LogP contribution in [0.15, 0.2) is 18.2 Å². The summed E-state index contributed by atoms with van der Waals surface area (Å²) in [4.78, 5) is 11.5. The van der Waals surface area contributed by atoms with Gasteiger partial charge < -0.3 is 5.32 Å². The summed E-state index contributed by atoms with van der Waals surface area (Å²) in [6.45, 7) is 0. The maximum Gasteiger partial charge on any atom is 0.416 e. The average molecular weight is 323 g/mol. The molecule has 0 atom stereocenters. The van der Waals surface area contributed by atoms with Crippen molar-refractivity contribution in [1.29, 1.82) is 5.26 Å². The molecule has 0 aliphatic carbocycles. The second-order valence-corrected chi connectivity index (χ2v) is 5.21. The number of carbonyl (C=O) groups excluding carboxylic acids is 1. The lowest BCUT2D eigenvalue weighted by Crippen LogP contribution is -2.15. The van der Waals surface area contributed by atoms with Crippen LogP contribution in [-0.4, -0.2) is 17.4 Å². The zero-order valence-electron chi connectivity index (χ0n) is 10.1. The number of amides is 1. The number of carbonyl (C=O) groups is 1. The van der Waals surface area contributed by atoms with E-state index in [1.54, 1.807) is 0 Å². The van der Waals surface area contributed by atoms with Crippen LogP contribution in [0.4, 0.5) is 18.9 Å². The first-order chi connectivity index (χ1) is 9.34. The molecule has 1 amide bonds. The monoisotopic (exact) mass is 322 g/mol. The third kappa shape index (κ3) is 5.31. The molecule has 0 radical (unpaired) electrons. The molecule has 1 rings (SSSR count). The highest BCUT2D eigenvalue weighted by atomic mass is 35.5. The van der Waals surface area contributed by atoms with Crippen molar-refractivity contribution >= 4 is 35.0 Å². The van der Waals surface area contributed by atoms with Crippen molar-refractivity contribution in [3.63, 3.8) is 0 Å². The summed E-state index contributed by atoms with van der Waals surface area (Å²) in [5.41, 5.74) is -0.957. The van der Waals surface area contributed by atoms with E-state index in [1.165, 1.54) is 11.8 Å². The van der Waals surface area contributed by atoms with Gasteiger partial charge in [0.2, 0.25) is 5.91 Å². The van der Waals surface area contributed by atoms with Crippen LogP contribution in [0.3, 0.4) is 0 Å². The molecule has 1 aromatic carbocycles. The van der Waals surface area contributed by atoms with Gasteiger partial charge in [0.15, 0.2) is 0 Å². The molecule has 0 aliphatic heterocycles. The lowest BCUT2D eigenvalue weighted by atomic mass is 10.2. The van der Waals surface area contributed by atoms with Gasteiger partial charge in [0.05, 0.1) is 28.1 Å². The molecular weight excluding hydrogens is 313 g/mol. The predicted octanol–water partition coefficient (Wildman–Crippen LogP) is 3.94. The molecule has 0 aliphatic rings. The van der Waals surface area contributed by atoms with Gasteiger partial charge in [-0.2, -0.15) is 30.2 Å². The molecule has 1 N–H and O–H groups in total. The average Bonchev–Trinajstić information content (AvgIpc) is 2.36. The number of nitrogens with zero attached hydrogens (tertiary/aromatic N) is 1. The van der Waals surface area contributed by atoms with Crippen molar-refractivity contribution in [1.82, 2.24) is 0 Å². The third-order valence-corrected chi connectivity index (χ3v) is 3.45. The van der Waals surface area contributed by atoms with Crippen molar-refractivity contribution in [2.24, 2.45) is 0 Å². The lowest BCUT2D eigenvalue weighted by Gasteiger charge is -2.11. The van der Waals surface area contributed by atoms with E-state index < -0.39 is 17.6 Å². The molecule has 3 nitrogen and oxygen atoms in total. The molecule has 1 aromatic rings. The van der Waals surface area contributed by atoms with Crippen LogP contribution in [0.5, 0.6) is 0 Å². The normalized spacial score (nSPS) is 10.9. The molecule has 0 heterocycles. The Morgan fingerprint density at radius 3 is 2.75 bits per heavy atom. The third-order valence-electron chi connectivity index (χ3n) is 2.16. The number of alkyl halides is 3. The van der Waals surface area contributed by atoms with Gasteiger partial charge in [-0.05, 0) is 18.2 Å². The maximum atomic E-state index is 12.5. The smallest absolute Gasteiger partial charge is 0.324 e. The standard InChI is InChI=1S/C12H10ClF3N2OS/c13-9-3-2-8(12(14,15)16)6-10(9)18-11(19)7-20-5-1-4-17/h2-3,6H,1,5,7H2,(H,18,19). The van der Waals surface area contributed by atoms with E-state index in [0.717, 1.165) is 18.2 Å². The van der Waals surface area contributed by atoms with Crippen molar-refractivity contribution in [2.45, 2.75) is 12.6 Å². The summed E-state index contributed by atoms with van der Waals surface area (Å²) in [6, 6.07) is 4.65. The van der Waals surface area contributed by atoms with Gasteiger partial charge in [0.25, 0.3) is 0 Å². The van der Waals surface area contributed by atoms with Crippen LogP contribution in [0.1, 0.15) is 12.0 Å². The van der Waals surface area contributed by atoms with E-state index in [4.69, 9.17) is 16.9 Å². The zero-order valence-corrected chi connectivity index (χ0v) is 11.7. The van der Waals surface area contributed by atoms with E-state index in [-0.39, 0.29) is 16.5 Å². The Morgan fingerprint density at radius 2 is 2.15 bits per heavy atom. The highest BCUT2D eigenvalue weighted by Crippen LogP contribution is 2.33. The number of benzene rings is 1. The van der Waals surface area contributed by atoms with Crippen LogP contribution < -0.4 is 5.32 Å². The first-order valence-electron chi connectivity index (χ1n) is 5.46. The molecule has 8 heteroatoms. The van der Waals surface area contributed by atoms with Gasteiger partial charge in [0, 0.05) is 12.2 Å². The number of anilines is 1. The number of thioether (sulfide) groups is 1. The Bertz CT molecular complexity index is 528. The number of nitriles is 1. The fourth-order valence-electron chi connectivity index (χ4n) is 1.27. The number of hydrogen-bond acceptors (Lipinski definition) is 3. The van der Waals surface area contributed by atoms with Gasteiger partial charge in [-0.15, -0.1) is 0 Å². The highest BCUT2D eigenvalue weighted by Gasteiger charge is 2.31. The fourth-order valence-corrected chi connectivity index (χ4v) is 2.07. The van der Waals surface area contributed by atoms with Gasteiger partial charge >= 0.3 is 6.18 Å². The summed E-state index contributed by atoms with van der Waals surface area (Å²) in [6.07, 6.45) is -4.19. The van der Waals surface area contributed by atoms with E-state index in [9.17, 15) is 18.0 Å². The summed E-state index contributed by atoms with van der Waals surface area (Å²) in [5.74, 6) is 0.0725. The molecule has 108 valence electrons. The number of nitrogens with one attached hydrogen (secondary N) is 1. The van der Waals surface area contributed by atoms with E-state index >= 15 is 0 Å². The van der Waals surface area contributed by atoms with Crippen LogP contribution in [0, 0.1) is 11.3 Å². The van der Waals surface area contributed by atoms with Gasteiger partial charge in [-0.25, -0.2) is 0 Å². The van der Waals surface area contributed by atoms with E-state index in [1.807, 2.05) is 6.07 Å². The minimum Gasteiger partial charge on any atom is -0.324 e. The largest absolute Gasteiger partial charge is 0.416 e. The number of rotatable bonds is 5. The summed E-state index contributed by atoms with van der Waals surface area (Å²) < 4.78 is 37.6. The topological polar surface area (TPSA) is 52.9 Å². The van der Waals surface area contributed by atoms with Crippen LogP contribution >= 0.6 is 23.4 Å². The van der Waals surface area contributed by atoms with Crippen molar-refractivity contribution in [3.8, 4) is 6.07 Å². The van der Waals surface area contributed by atoms with Crippen molar-refractivity contribution in [2.75, 3.05) is 16.8 Å². The Kier molecular flexibility index (Phi) is 6.17. The molecule has 20 heavy (non-hydrogen) atoms. The van der Waals surface area contributed by atoms with Gasteiger partial charge in [-0.1, -0.05) is 11.6 Å². The molecule has 0 aromatic heterocycles. The lowest BCUT2D eigenvalue weighted by molar-refractivity contribution is -0.137. The quantitative estimate of drug-likeness (QED) is 0.835. The van der Waals surface area contributed by atoms with Gasteiger partial charge in [-0.3, -0.25) is 4.79 Å². The molecule has 0 saturated carbocycles. The molecule has 0 bridgehead atoms. The Labute approximate surface area is 123 Å². The number of halogens is 4. The number of hydrogen-bond donors (Lipinski definition) is 1. The van der Waals surface area contributed by atoms with E-state index in [2.05, 4.69) is 5.32 Å². The maximum absolute atomic E-state index is 12.5. The second-order valence-electron chi connectivity index (χ2n) is 3.70. The highest BCUT2D eigenvalue weighted by molar-refractivity contribution is 7.99. The molecule has 0 spiro atoms. The summed E-state index contributed by atoms with van der Waals surface area (Å²) >= 11 is 6.96. The Balaban J connectivity index is 2.67. The molecular formula is C12H10ClF3N2OS. The minimum absolute atomic E-state index is 0.0355. The van der Waals surface area contributed by atoms with Crippen LogP contribution in [-0.2, 0) is 11.0 Å². The zero-order chi connectivity index (χ0) is 15.2. The first-order valence-corrected chi connectivity index (χ1v) is 6.99.